The summed E-state index contributed by atoms with van der Waals surface area (Å²) < 4.78 is 0. The maximum absolute atomic E-state index is 12.6. The van der Waals surface area contributed by atoms with Crippen molar-refractivity contribution in [2.24, 2.45) is 0 Å². The highest BCUT2D eigenvalue weighted by atomic mass is 16.2. The van der Waals surface area contributed by atoms with Crippen LogP contribution in [0.4, 0.5) is 5.82 Å². The predicted octanol–water partition coefficient (Wildman–Crippen LogP) is 2.76. The average Bonchev–Trinajstić information content (AvgIpc) is 2.87. The van der Waals surface area contributed by atoms with Gasteiger partial charge in [-0.3, -0.25) is 9.69 Å². The molecule has 2 bridgehead atoms. The summed E-state index contributed by atoms with van der Waals surface area (Å²) in [6.45, 7) is 0.995. The number of aromatic nitrogens is 1. The molecule has 25 heavy (non-hydrogen) atoms. The maximum Gasteiger partial charge on any atom is 0.256 e. The van der Waals surface area contributed by atoms with Crippen LogP contribution in [-0.2, 0) is 6.54 Å². The topological polar surface area (TPSA) is 57.3 Å². The van der Waals surface area contributed by atoms with E-state index in [1.807, 2.05) is 12.1 Å². The Morgan fingerprint density at radius 2 is 1.80 bits per heavy atom. The van der Waals surface area contributed by atoms with Crippen molar-refractivity contribution in [3.63, 3.8) is 0 Å². The number of rotatable bonds is 2. The van der Waals surface area contributed by atoms with E-state index >= 15 is 0 Å². The Labute approximate surface area is 147 Å². The van der Waals surface area contributed by atoms with Gasteiger partial charge in [-0.25, -0.2) is 4.98 Å². The summed E-state index contributed by atoms with van der Waals surface area (Å²) in [6, 6.07) is 15.3. The fraction of sp³-hybridized carbons (Fsp3) is 0.400. The van der Waals surface area contributed by atoms with E-state index in [1.54, 1.807) is 6.20 Å². The fourth-order valence-electron chi connectivity index (χ4n) is 4.83. The molecule has 2 saturated heterocycles. The van der Waals surface area contributed by atoms with Crippen molar-refractivity contribution in [3.8, 4) is 0 Å². The summed E-state index contributed by atoms with van der Waals surface area (Å²) in [5.74, 6) is 0.722. The van der Waals surface area contributed by atoms with E-state index in [9.17, 15) is 4.79 Å². The quantitative estimate of drug-likeness (QED) is 0.887. The SMILES string of the molecule is O=C1NC2(C[C@H]3CC[C@@H](C2)N3Cc2ccccc2)Nc2ncccc21. The number of carbonyl (C=O) groups is 1. The molecule has 5 heteroatoms. The molecule has 1 unspecified atom stereocenters. The Morgan fingerprint density at radius 3 is 2.56 bits per heavy atom. The Balaban J connectivity index is 1.39. The lowest BCUT2D eigenvalue weighted by molar-refractivity contribution is 0.0607. The number of nitrogens with zero attached hydrogens (tertiary/aromatic N) is 2. The van der Waals surface area contributed by atoms with E-state index in [2.05, 4.69) is 50.8 Å². The molecule has 1 spiro atoms. The molecule has 1 aromatic heterocycles. The van der Waals surface area contributed by atoms with Gasteiger partial charge in [0, 0.05) is 37.7 Å². The maximum atomic E-state index is 12.6. The van der Waals surface area contributed by atoms with Crippen LogP contribution >= 0.6 is 0 Å². The molecule has 3 atom stereocenters. The first-order valence-corrected chi connectivity index (χ1v) is 9.08. The number of anilines is 1. The third kappa shape index (κ3) is 2.50. The molecule has 1 amide bonds. The smallest absolute Gasteiger partial charge is 0.256 e. The molecule has 5 rings (SSSR count). The summed E-state index contributed by atoms with van der Waals surface area (Å²) in [7, 11) is 0. The lowest BCUT2D eigenvalue weighted by Crippen LogP contribution is -2.65. The first-order chi connectivity index (χ1) is 12.2. The lowest BCUT2D eigenvalue weighted by atomic mass is 9.88. The van der Waals surface area contributed by atoms with Crippen molar-refractivity contribution in [2.75, 3.05) is 5.32 Å². The molecule has 1 aromatic carbocycles. The van der Waals surface area contributed by atoms with Crippen LogP contribution in [0, 0.1) is 0 Å². The monoisotopic (exact) mass is 334 g/mol. The first kappa shape index (κ1) is 14.9. The van der Waals surface area contributed by atoms with E-state index < -0.39 is 0 Å². The van der Waals surface area contributed by atoms with Crippen LogP contribution in [0.1, 0.15) is 41.6 Å². The summed E-state index contributed by atoms with van der Waals surface area (Å²) in [5.41, 5.74) is 1.66. The molecule has 128 valence electrons. The van der Waals surface area contributed by atoms with Crippen LogP contribution in [-0.4, -0.2) is 33.5 Å². The Hall–Kier alpha value is -2.40. The second kappa shape index (κ2) is 5.56. The molecule has 3 aliphatic heterocycles. The standard InChI is InChI=1S/C20H22N4O/c25-19-17-7-4-10-21-18(17)22-20(23-19)11-15-8-9-16(12-20)24(15)13-14-5-2-1-3-6-14/h1-7,10,15-16H,8-9,11-13H2,(H,21,22)(H,23,25)/t15-,16+,20?. The van der Waals surface area contributed by atoms with E-state index in [-0.39, 0.29) is 11.6 Å². The molecule has 2 N–H and O–H groups in total. The number of hydrogen-bond acceptors (Lipinski definition) is 4. The van der Waals surface area contributed by atoms with Gasteiger partial charge >= 0.3 is 0 Å². The molecule has 5 nitrogen and oxygen atoms in total. The van der Waals surface area contributed by atoms with E-state index in [4.69, 9.17) is 0 Å². The van der Waals surface area contributed by atoms with E-state index in [1.165, 1.54) is 18.4 Å². The van der Waals surface area contributed by atoms with Gasteiger partial charge in [0.25, 0.3) is 5.91 Å². The van der Waals surface area contributed by atoms with Gasteiger partial charge in [-0.1, -0.05) is 30.3 Å². The van der Waals surface area contributed by atoms with Crippen LogP contribution < -0.4 is 10.6 Å². The largest absolute Gasteiger partial charge is 0.347 e. The van der Waals surface area contributed by atoms with Crippen molar-refractivity contribution in [2.45, 2.75) is 50.0 Å². The first-order valence-electron chi connectivity index (χ1n) is 9.08. The van der Waals surface area contributed by atoms with Gasteiger partial charge < -0.3 is 10.6 Å². The zero-order valence-corrected chi connectivity index (χ0v) is 14.1. The number of fused-ring (bicyclic) bond motifs is 3. The minimum atomic E-state index is -0.350. The third-order valence-corrected chi connectivity index (χ3v) is 5.91. The summed E-state index contributed by atoms with van der Waals surface area (Å²) in [5, 5.41) is 6.81. The van der Waals surface area contributed by atoms with Crippen molar-refractivity contribution in [3.05, 3.63) is 59.8 Å². The van der Waals surface area contributed by atoms with E-state index in [0.29, 0.717) is 17.6 Å². The van der Waals surface area contributed by atoms with Crippen LogP contribution in [0.25, 0.3) is 0 Å². The van der Waals surface area contributed by atoms with Gasteiger partial charge in [0.15, 0.2) is 0 Å². The van der Waals surface area contributed by atoms with Crippen molar-refractivity contribution in [1.82, 2.24) is 15.2 Å². The zero-order chi connectivity index (χ0) is 16.9. The fourth-order valence-corrected chi connectivity index (χ4v) is 4.83. The van der Waals surface area contributed by atoms with Gasteiger partial charge in [-0.15, -0.1) is 0 Å². The highest BCUT2D eigenvalue weighted by Crippen LogP contribution is 2.43. The number of pyridine rings is 1. The molecule has 3 aliphatic rings. The molecule has 0 radical (unpaired) electrons. The summed E-state index contributed by atoms with van der Waals surface area (Å²) in [4.78, 5) is 19.6. The van der Waals surface area contributed by atoms with Crippen LogP contribution in [0.5, 0.6) is 0 Å². The molecule has 2 fully saturated rings. The summed E-state index contributed by atoms with van der Waals surface area (Å²) >= 11 is 0. The third-order valence-electron chi connectivity index (χ3n) is 5.91. The number of hydrogen-bond donors (Lipinski definition) is 2. The Bertz CT molecular complexity index is 792. The Morgan fingerprint density at radius 1 is 1.04 bits per heavy atom. The molecule has 2 aromatic rings. The zero-order valence-electron chi connectivity index (χ0n) is 14.1. The minimum absolute atomic E-state index is 0.00207. The number of piperidine rings is 1. The molecule has 0 aliphatic carbocycles. The van der Waals surface area contributed by atoms with Crippen molar-refractivity contribution < 1.29 is 4.79 Å². The average molecular weight is 334 g/mol. The predicted molar refractivity (Wildman–Crippen MR) is 96.1 cm³/mol. The number of benzene rings is 1. The number of amides is 1. The number of carbonyl (C=O) groups excluding carboxylic acids is 1. The molecular formula is C20H22N4O. The van der Waals surface area contributed by atoms with Gasteiger partial charge in [-0.2, -0.15) is 0 Å². The van der Waals surface area contributed by atoms with Gasteiger partial charge in [0.2, 0.25) is 0 Å². The molecule has 0 saturated carbocycles. The van der Waals surface area contributed by atoms with E-state index in [0.717, 1.165) is 25.2 Å². The highest BCUT2D eigenvalue weighted by Gasteiger charge is 2.50. The van der Waals surface area contributed by atoms with Crippen molar-refractivity contribution in [1.29, 1.82) is 0 Å². The molecule has 4 heterocycles. The van der Waals surface area contributed by atoms with Gasteiger partial charge in [0.1, 0.15) is 11.5 Å². The van der Waals surface area contributed by atoms with Crippen LogP contribution in [0.3, 0.4) is 0 Å². The second-order valence-corrected chi connectivity index (χ2v) is 7.51. The van der Waals surface area contributed by atoms with Crippen LogP contribution in [0.2, 0.25) is 0 Å². The normalized spacial score (nSPS) is 30.6. The van der Waals surface area contributed by atoms with Crippen molar-refractivity contribution >= 4 is 11.7 Å². The number of nitrogens with one attached hydrogen (secondary N) is 2. The Kier molecular flexibility index (Phi) is 3.31. The minimum Gasteiger partial charge on any atom is -0.347 e. The van der Waals surface area contributed by atoms with Crippen LogP contribution in [0.15, 0.2) is 48.7 Å². The van der Waals surface area contributed by atoms with Gasteiger partial charge in [0.05, 0.1) is 5.56 Å². The lowest BCUT2D eigenvalue weighted by Gasteiger charge is -2.49. The highest BCUT2D eigenvalue weighted by molar-refractivity contribution is 6.01. The van der Waals surface area contributed by atoms with Gasteiger partial charge in [-0.05, 0) is 30.5 Å². The second-order valence-electron chi connectivity index (χ2n) is 7.51. The summed E-state index contributed by atoms with van der Waals surface area (Å²) in [6.07, 6.45) is 6.01. The molecular weight excluding hydrogens is 312 g/mol.